The van der Waals surface area contributed by atoms with Crippen LogP contribution in [0.4, 0.5) is 10.5 Å². The van der Waals surface area contributed by atoms with Crippen molar-refractivity contribution in [2.45, 2.75) is 32.7 Å². The van der Waals surface area contributed by atoms with Gasteiger partial charge in [0.1, 0.15) is 0 Å². The van der Waals surface area contributed by atoms with E-state index in [0.29, 0.717) is 0 Å². The van der Waals surface area contributed by atoms with Crippen molar-refractivity contribution in [1.29, 1.82) is 0 Å². The average Bonchev–Trinajstić information content (AvgIpc) is 2.29. The predicted octanol–water partition coefficient (Wildman–Crippen LogP) is 3.34. The average molecular weight is 220 g/mol. The Labute approximate surface area is 97.5 Å². The predicted molar refractivity (Wildman–Crippen MR) is 67.6 cm³/mol. The zero-order valence-electron chi connectivity index (χ0n) is 10.4. The molecule has 1 N–H and O–H groups in total. The molecule has 0 heterocycles. The molecule has 0 spiro atoms. The van der Waals surface area contributed by atoms with Crippen LogP contribution in [0.1, 0.15) is 27.2 Å². The van der Waals surface area contributed by atoms with Crippen LogP contribution in [0.5, 0.6) is 0 Å². The Kier molecular flexibility index (Phi) is 3.93. The first-order valence-corrected chi connectivity index (χ1v) is 5.57. The number of rotatable bonds is 3. The largest absolute Gasteiger partial charge is 0.322 e. The molecule has 0 aliphatic rings. The van der Waals surface area contributed by atoms with Gasteiger partial charge in [-0.25, -0.2) is 4.79 Å². The monoisotopic (exact) mass is 220 g/mol. The van der Waals surface area contributed by atoms with Gasteiger partial charge in [0.25, 0.3) is 0 Å². The van der Waals surface area contributed by atoms with Crippen molar-refractivity contribution in [1.82, 2.24) is 4.90 Å². The molecule has 0 aliphatic heterocycles. The van der Waals surface area contributed by atoms with E-state index in [4.69, 9.17) is 0 Å². The van der Waals surface area contributed by atoms with Gasteiger partial charge in [0.05, 0.1) is 0 Å². The molecular weight excluding hydrogens is 200 g/mol. The summed E-state index contributed by atoms with van der Waals surface area (Å²) in [5.74, 6) is 0. The number of amides is 2. The Balaban J connectivity index is 2.66. The molecule has 0 fully saturated rings. The second-order valence-electron chi connectivity index (χ2n) is 4.52. The summed E-state index contributed by atoms with van der Waals surface area (Å²) in [6.45, 7) is 6.18. The molecule has 1 rings (SSSR count). The van der Waals surface area contributed by atoms with Gasteiger partial charge in [-0.3, -0.25) is 0 Å². The molecule has 3 nitrogen and oxygen atoms in total. The van der Waals surface area contributed by atoms with Crippen LogP contribution < -0.4 is 5.32 Å². The van der Waals surface area contributed by atoms with E-state index < -0.39 is 0 Å². The van der Waals surface area contributed by atoms with Crippen molar-refractivity contribution in [3.63, 3.8) is 0 Å². The Hall–Kier alpha value is -1.51. The summed E-state index contributed by atoms with van der Waals surface area (Å²) < 4.78 is 0. The SMILES string of the molecule is CCC(C)(C)N(C)C(=O)Nc1ccccc1. The first kappa shape index (κ1) is 12.6. The van der Waals surface area contributed by atoms with Gasteiger partial charge in [0, 0.05) is 18.3 Å². The van der Waals surface area contributed by atoms with Gasteiger partial charge in [0.15, 0.2) is 0 Å². The van der Waals surface area contributed by atoms with Gasteiger partial charge in [-0.05, 0) is 32.4 Å². The normalized spacial score (nSPS) is 11.0. The van der Waals surface area contributed by atoms with E-state index in [1.807, 2.05) is 37.4 Å². The molecule has 88 valence electrons. The molecule has 1 aromatic rings. The van der Waals surface area contributed by atoms with Crippen LogP contribution in [-0.4, -0.2) is 23.5 Å². The Morgan fingerprint density at radius 1 is 1.31 bits per heavy atom. The van der Waals surface area contributed by atoms with Crippen LogP contribution in [0, 0.1) is 0 Å². The summed E-state index contributed by atoms with van der Waals surface area (Å²) in [6, 6.07) is 9.42. The fraction of sp³-hybridized carbons (Fsp3) is 0.462. The smallest absolute Gasteiger partial charge is 0.322 e. The molecule has 0 saturated heterocycles. The van der Waals surface area contributed by atoms with Crippen molar-refractivity contribution in [3.05, 3.63) is 30.3 Å². The van der Waals surface area contributed by atoms with E-state index >= 15 is 0 Å². The number of anilines is 1. The lowest BCUT2D eigenvalue weighted by molar-refractivity contribution is 0.165. The first-order chi connectivity index (χ1) is 7.47. The van der Waals surface area contributed by atoms with Gasteiger partial charge >= 0.3 is 6.03 Å². The minimum Gasteiger partial charge on any atom is -0.322 e. The number of nitrogens with zero attached hydrogens (tertiary/aromatic N) is 1. The first-order valence-electron chi connectivity index (χ1n) is 5.57. The van der Waals surface area contributed by atoms with Gasteiger partial charge in [0.2, 0.25) is 0 Å². The van der Waals surface area contributed by atoms with Gasteiger partial charge < -0.3 is 10.2 Å². The molecule has 0 aromatic heterocycles. The lowest BCUT2D eigenvalue weighted by Gasteiger charge is -2.34. The molecule has 0 saturated carbocycles. The number of hydrogen-bond acceptors (Lipinski definition) is 1. The maximum absolute atomic E-state index is 11.9. The third-order valence-corrected chi connectivity index (χ3v) is 3.10. The highest BCUT2D eigenvalue weighted by atomic mass is 16.2. The third kappa shape index (κ3) is 2.99. The highest BCUT2D eigenvalue weighted by Crippen LogP contribution is 2.17. The molecule has 0 atom stereocenters. The summed E-state index contributed by atoms with van der Waals surface area (Å²) in [5, 5.41) is 2.87. The van der Waals surface area contributed by atoms with Crippen molar-refractivity contribution >= 4 is 11.7 Å². The lowest BCUT2D eigenvalue weighted by atomic mass is 10.0. The van der Waals surface area contributed by atoms with Crippen LogP contribution in [0.25, 0.3) is 0 Å². The molecule has 3 heteroatoms. The van der Waals surface area contributed by atoms with Crippen molar-refractivity contribution < 1.29 is 4.79 Å². The number of urea groups is 1. The maximum atomic E-state index is 11.9. The van der Waals surface area contributed by atoms with Crippen molar-refractivity contribution in [2.24, 2.45) is 0 Å². The molecule has 0 bridgehead atoms. The number of carbonyl (C=O) groups excluding carboxylic acids is 1. The van der Waals surface area contributed by atoms with Crippen LogP contribution in [-0.2, 0) is 0 Å². The lowest BCUT2D eigenvalue weighted by Crippen LogP contribution is -2.46. The second-order valence-corrected chi connectivity index (χ2v) is 4.52. The number of para-hydroxylation sites is 1. The van der Waals surface area contributed by atoms with E-state index in [9.17, 15) is 4.79 Å². The zero-order valence-corrected chi connectivity index (χ0v) is 10.4. The summed E-state index contributed by atoms with van der Waals surface area (Å²) in [7, 11) is 1.82. The summed E-state index contributed by atoms with van der Waals surface area (Å²) >= 11 is 0. The molecule has 0 unspecified atom stereocenters. The van der Waals surface area contributed by atoms with Gasteiger partial charge in [-0.15, -0.1) is 0 Å². The van der Waals surface area contributed by atoms with Crippen molar-refractivity contribution in [2.75, 3.05) is 12.4 Å². The Morgan fingerprint density at radius 2 is 1.88 bits per heavy atom. The number of carbonyl (C=O) groups is 1. The van der Waals surface area contributed by atoms with Gasteiger partial charge in [-0.1, -0.05) is 25.1 Å². The van der Waals surface area contributed by atoms with E-state index in [1.165, 1.54) is 0 Å². The van der Waals surface area contributed by atoms with Crippen LogP contribution in [0.15, 0.2) is 30.3 Å². The Bertz CT molecular complexity index is 346. The van der Waals surface area contributed by atoms with E-state index in [-0.39, 0.29) is 11.6 Å². The number of nitrogens with one attached hydrogen (secondary N) is 1. The summed E-state index contributed by atoms with van der Waals surface area (Å²) in [6.07, 6.45) is 0.922. The van der Waals surface area contributed by atoms with E-state index in [2.05, 4.69) is 26.1 Å². The van der Waals surface area contributed by atoms with E-state index in [0.717, 1.165) is 12.1 Å². The quantitative estimate of drug-likeness (QED) is 0.832. The number of hydrogen-bond donors (Lipinski definition) is 1. The van der Waals surface area contributed by atoms with Crippen LogP contribution in [0.3, 0.4) is 0 Å². The molecule has 1 aromatic carbocycles. The van der Waals surface area contributed by atoms with Crippen LogP contribution in [0.2, 0.25) is 0 Å². The number of benzene rings is 1. The molecule has 16 heavy (non-hydrogen) atoms. The zero-order chi connectivity index (χ0) is 12.2. The van der Waals surface area contributed by atoms with Crippen LogP contribution >= 0.6 is 0 Å². The fourth-order valence-electron chi connectivity index (χ4n) is 1.24. The summed E-state index contributed by atoms with van der Waals surface area (Å²) in [5.41, 5.74) is 0.699. The minimum atomic E-state index is -0.126. The fourth-order valence-corrected chi connectivity index (χ4v) is 1.24. The maximum Gasteiger partial charge on any atom is 0.322 e. The molecule has 0 radical (unpaired) electrons. The van der Waals surface area contributed by atoms with E-state index in [1.54, 1.807) is 4.90 Å². The van der Waals surface area contributed by atoms with Crippen molar-refractivity contribution in [3.8, 4) is 0 Å². The minimum absolute atomic E-state index is 0.0712. The van der Waals surface area contributed by atoms with Gasteiger partial charge in [-0.2, -0.15) is 0 Å². The molecule has 0 aliphatic carbocycles. The second kappa shape index (κ2) is 5.01. The molecule has 2 amide bonds. The Morgan fingerprint density at radius 3 is 2.38 bits per heavy atom. The molecular formula is C13H20N2O. The summed E-state index contributed by atoms with van der Waals surface area (Å²) in [4.78, 5) is 13.7. The highest BCUT2D eigenvalue weighted by Gasteiger charge is 2.25. The third-order valence-electron chi connectivity index (χ3n) is 3.10. The highest BCUT2D eigenvalue weighted by molar-refractivity contribution is 5.89. The topological polar surface area (TPSA) is 32.3 Å². The standard InChI is InChI=1S/C13H20N2O/c1-5-13(2,3)15(4)12(16)14-11-9-7-6-8-10-11/h6-10H,5H2,1-4H3,(H,14,16).